The lowest BCUT2D eigenvalue weighted by atomic mass is 10.1. The zero-order chi connectivity index (χ0) is 18.2. The Balaban J connectivity index is 0.00000338. The van der Waals surface area contributed by atoms with Gasteiger partial charge in [-0.25, -0.2) is 0 Å². The summed E-state index contributed by atoms with van der Waals surface area (Å²) in [5.74, 6) is 2.71. The Morgan fingerprint density at radius 1 is 1.38 bits per heavy atom. The van der Waals surface area contributed by atoms with E-state index in [0.717, 1.165) is 30.4 Å². The van der Waals surface area contributed by atoms with E-state index in [2.05, 4.69) is 46.1 Å². The largest absolute Gasteiger partial charge is 0.352 e. The van der Waals surface area contributed by atoms with E-state index < -0.39 is 0 Å². The fourth-order valence-corrected chi connectivity index (χ4v) is 4.17. The summed E-state index contributed by atoms with van der Waals surface area (Å²) in [5.41, 5.74) is 1.78. The Labute approximate surface area is 178 Å². The Morgan fingerprint density at radius 3 is 2.81 bits per heavy atom. The van der Waals surface area contributed by atoms with Crippen LogP contribution in [-0.2, 0) is 6.54 Å². The molecule has 1 fully saturated rings. The molecule has 1 aromatic carbocycles. The summed E-state index contributed by atoms with van der Waals surface area (Å²) in [6, 6.07) is 7.75. The van der Waals surface area contributed by atoms with Gasteiger partial charge in [0.1, 0.15) is 0 Å². The highest BCUT2D eigenvalue weighted by atomic mass is 127. The molecular formula is C19H31IN4OS. The molecule has 5 nitrogen and oxygen atoms in total. The molecule has 26 heavy (non-hydrogen) atoms. The molecule has 1 aromatic rings. The van der Waals surface area contributed by atoms with Gasteiger partial charge in [0.15, 0.2) is 5.96 Å². The summed E-state index contributed by atoms with van der Waals surface area (Å²) in [6.07, 6.45) is 0. The molecule has 7 heteroatoms. The van der Waals surface area contributed by atoms with Crippen molar-refractivity contribution in [1.29, 1.82) is 0 Å². The van der Waals surface area contributed by atoms with Gasteiger partial charge in [0.25, 0.3) is 5.91 Å². The Bertz CT molecular complexity index is 609. The molecule has 1 unspecified atom stereocenters. The number of hydrogen-bond donors (Lipinski definition) is 2. The maximum absolute atomic E-state index is 12.0. The number of thioether (sulfide) groups is 1. The minimum Gasteiger partial charge on any atom is -0.352 e. The summed E-state index contributed by atoms with van der Waals surface area (Å²) in [5, 5.41) is 6.93. The van der Waals surface area contributed by atoms with Crippen molar-refractivity contribution in [1.82, 2.24) is 15.5 Å². The van der Waals surface area contributed by atoms with Crippen LogP contribution in [0.5, 0.6) is 0 Å². The van der Waals surface area contributed by atoms with Crippen molar-refractivity contribution in [2.45, 2.75) is 32.6 Å². The van der Waals surface area contributed by atoms with Crippen LogP contribution in [0.25, 0.3) is 0 Å². The van der Waals surface area contributed by atoms with Crippen LogP contribution in [0.4, 0.5) is 0 Å². The maximum Gasteiger partial charge on any atom is 0.251 e. The first-order valence-corrected chi connectivity index (χ1v) is 10.0. The van der Waals surface area contributed by atoms with Crippen LogP contribution in [0.2, 0.25) is 0 Å². The first kappa shape index (κ1) is 23.1. The predicted octanol–water partition coefficient (Wildman–Crippen LogP) is 3.20. The lowest BCUT2D eigenvalue weighted by molar-refractivity contribution is 0.0955. The number of nitrogens with one attached hydrogen (secondary N) is 2. The van der Waals surface area contributed by atoms with E-state index in [-0.39, 0.29) is 29.9 Å². The number of hydrogen-bond acceptors (Lipinski definition) is 3. The highest BCUT2D eigenvalue weighted by Crippen LogP contribution is 2.24. The molecule has 0 spiro atoms. The van der Waals surface area contributed by atoms with Gasteiger partial charge in [-0.2, -0.15) is 11.8 Å². The Kier molecular flexibility index (Phi) is 10.4. The second kappa shape index (κ2) is 11.7. The standard InChI is InChI=1S/C19H30N4OS.HI/c1-5-21-18(24)16-8-6-7-15(11-16)12-22-19(20-4)23-9-10-25-17(13-23)14(2)3;/h6-8,11,14,17H,5,9-10,12-13H2,1-4H3,(H,20,22)(H,21,24);1H. The van der Waals surface area contributed by atoms with Gasteiger partial charge in [-0.3, -0.25) is 9.79 Å². The minimum atomic E-state index is -0.0263. The van der Waals surface area contributed by atoms with Gasteiger partial charge in [-0.05, 0) is 30.5 Å². The predicted molar refractivity (Wildman–Crippen MR) is 123 cm³/mol. The van der Waals surface area contributed by atoms with Crippen molar-refractivity contribution in [3.05, 3.63) is 35.4 Å². The van der Waals surface area contributed by atoms with Gasteiger partial charge in [0, 0.05) is 49.8 Å². The lowest BCUT2D eigenvalue weighted by Crippen LogP contribution is -2.48. The number of amides is 1. The Morgan fingerprint density at radius 2 is 2.15 bits per heavy atom. The Hall–Kier alpha value is -0.960. The molecule has 1 aliphatic heterocycles. The van der Waals surface area contributed by atoms with Crippen molar-refractivity contribution in [2.24, 2.45) is 10.9 Å². The number of carbonyl (C=O) groups is 1. The van der Waals surface area contributed by atoms with Crippen LogP contribution in [0.15, 0.2) is 29.3 Å². The van der Waals surface area contributed by atoms with Crippen molar-refractivity contribution in [3.63, 3.8) is 0 Å². The fourth-order valence-electron chi connectivity index (χ4n) is 2.87. The van der Waals surface area contributed by atoms with E-state index in [1.807, 2.05) is 38.2 Å². The lowest BCUT2D eigenvalue weighted by Gasteiger charge is -2.36. The average molecular weight is 490 g/mol. The third-order valence-corrected chi connectivity index (χ3v) is 5.87. The van der Waals surface area contributed by atoms with E-state index in [4.69, 9.17) is 0 Å². The maximum atomic E-state index is 12.0. The van der Waals surface area contributed by atoms with E-state index in [1.165, 1.54) is 0 Å². The van der Waals surface area contributed by atoms with Gasteiger partial charge in [0.05, 0.1) is 0 Å². The molecule has 1 heterocycles. The van der Waals surface area contributed by atoms with E-state index in [1.54, 1.807) is 0 Å². The molecular weight excluding hydrogens is 459 g/mol. The normalized spacial score (nSPS) is 17.7. The molecule has 2 N–H and O–H groups in total. The summed E-state index contributed by atoms with van der Waals surface area (Å²) in [6.45, 7) is 9.84. The molecule has 146 valence electrons. The SMILES string of the molecule is CCNC(=O)c1cccc(CNC(=NC)N2CCSC(C(C)C)C2)c1.I. The van der Waals surface area contributed by atoms with E-state index >= 15 is 0 Å². The van der Waals surface area contributed by atoms with Crippen LogP contribution in [0.3, 0.4) is 0 Å². The number of halogens is 1. The van der Waals surface area contributed by atoms with Crippen molar-refractivity contribution in [3.8, 4) is 0 Å². The quantitative estimate of drug-likeness (QED) is 0.378. The number of guanidine groups is 1. The van der Waals surface area contributed by atoms with Crippen molar-refractivity contribution >= 4 is 47.6 Å². The zero-order valence-electron chi connectivity index (χ0n) is 16.1. The molecule has 1 aliphatic rings. The molecule has 0 saturated carbocycles. The summed E-state index contributed by atoms with van der Waals surface area (Å²) < 4.78 is 0. The fraction of sp³-hybridized carbons (Fsp3) is 0.579. The smallest absolute Gasteiger partial charge is 0.251 e. The topological polar surface area (TPSA) is 56.7 Å². The van der Waals surface area contributed by atoms with Gasteiger partial charge in [0.2, 0.25) is 0 Å². The monoisotopic (exact) mass is 490 g/mol. The summed E-state index contributed by atoms with van der Waals surface area (Å²) in [7, 11) is 1.83. The van der Waals surface area contributed by atoms with Gasteiger partial charge >= 0.3 is 0 Å². The number of carbonyl (C=O) groups excluding carboxylic acids is 1. The second-order valence-corrected chi connectivity index (χ2v) is 7.91. The van der Waals surface area contributed by atoms with Crippen LogP contribution >= 0.6 is 35.7 Å². The number of rotatable bonds is 5. The molecule has 0 radical (unpaired) electrons. The third kappa shape index (κ3) is 6.64. The zero-order valence-corrected chi connectivity index (χ0v) is 19.3. The molecule has 0 aliphatic carbocycles. The first-order valence-electron chi connectivity index (χ1n) is 8.99. The van der Waals surface area contributed by atoms with Gasteiger partial charge in [-0.1, -0.05) is 26.0 Å². The molecule has 1 amide bonds. The van der Waals surface area contributed by atoms with Gasteiger partial charge < -0.3 is 15.5 Å². The molecule has 2 rings (SSSR count). The van der Waals surface area contributed by atoms with Crippen LogP contribution in [0, 0.1) is 5.92 Å². The van der Waals surface area contributed by atoms with E-state index in [9.17, 15) is 4.79 Å². The second-order valence-electron chi connectivity index (χ2n) is 6.56. The molecule has 1 saturated heterocycles. The highest BCUT2D eigenvalue weighted by molar-refractivity contribution is 14.0. The highest BCUT2D eigenvalue weighted by Gasteiger charge is 2.24. The van der Waals surface area contributed by atoms with Crippen LogP contribution in [-0.4, -0.2) is 54.5 Å². The number of nitrogens with zero attached hydrogens (tertiary/aromatic N) is 2. The van der Waals surface area contributed by atoms with Crippen molar-refractivity contribution < 1.29 is 4.79 Å². The third-order valence-electron chi connectivity index (χ3n) is 4.33. The minimum absolute atomic E-state index is 0. The van der Waals surface area contributed by atoms with Crippen LogP contribution in [0.1, 0.15) is 36.7 Å². The summed E-state index contributed by atoms with van der Waals surface area (Å²) in [4.78, 5) is 18.8. The van der Waals surface area contributed by atoms with Gasteiger partial charge in [-0.15, -0.1) is 24.0 Å². The first-order chi connectivity index (χ1) is 12.0. The molecule has 1 atom stereocenters. The number of benzene rings is 1. The van der Waals surface area contributed by atoms with Crippen LogP contribution < -0.4 is 10.6 Å². The summed E-state index contributed by atoms with van der Waals surface area (Å²) >= 11 is 2.06. The van der Waals surface area contributed by atoms with E-state index in [0.29, 0.717) is 29.8 Å². The van der Waals surface area contributed by atoms with Crippen molar-refractivity contribution in [2.75, 3.05) is 32.4 Å². The molecule has 0 aromatic heterocycles. The number of aliphatic imine (C=N–C) groups is 1. The average Bonchev–Trinajstić information content (AvgIpc) is 2.63. The molecule has 0 bridgehead atoms.